The Labute approximate surface area is 115 Å². The van der Waals surface area contributed by atoms with Crippen molar-refractivity contribution in [3.05, 3.63) is 12.2 Å². The van der Waals surface area contributed by atoms with Crippen LogP contribution in [0.5, 0.6) is 0 Å². The number of esters is 2. The Hall–Kier alpha value is -1.32. The van der Waals surface area contributed by atoms with E-state index < -0.39 is 0 Å². The predicted octanol–water partition coefficient (Wildman–Crippen LogP) is 3.01. The minimum atomic E-state index is -0.324. The van der Waals surface area contributed by atoms with Crippen molar-refractivity contribution in [3.63, 3.8) is 0 Å². The van der Waals surface area contributed by atoms with Crippen molar-refractivity contribution < 1.29 is 19.1 Å². The van der Waals surface area contributed by atoms with Crippen LogP contribution in [0, 0.1) is 5.41 Å². The van der Waals surface area contributed by atoms with Gasteiger partial charge in [0.15, 0.2) is 0 Å². The molecule has 0 bridgehead atoms. The van der Waals surface area contributed by atoms with Crippen molar-refractivity contribution in [2.45, 2.75) is 52.4 Å². The summed E-state index contributed by atoms with van der Waals surface area (Å²) in [5.41, 5.74) is -0.324. The van der Waals surface area contributed by atoms with Gasteiger partial charge in [-0.2, -0.15) is 0 Å². The average molecular weight is 268 g/mol. The first-order valence-corrected chi connectivity index (χ1v) is 7.15. The van der Waals surface area contributed by atoms with E-state index >= 15 is 0 Å². The molecule has 0 heterocycles. The van der Waals surface area contributed by atoms with Crippen molar-refractivity contribution in [3.8, 4) is 0 Å². The molecule has 0 spiro atoms. The van der Waals surface area contributed by atoms with E-state index in [1.165, 1.54) is 6.08 Å². The van der Waals surface area contributed by atoms with Gasteiger partial charge in [0.1, 0.15) is 0 Å². The number of hydrogen-bond acceptors (Lipinski definition) is 4. The lowest BCUT2D eigenvalue weighted by Crippen LogP contribution is -2.30. The molecule has 0 aromatic heterocycles. The highest BCUT2D eigenvalue weighted by atomic mass is 16.5. The first kappa shape index (κ1) is 15.7. The van der Waals surface area contributed by atoms with E-state index in [9.17, 15) is 9.59 Å². The van der Waals surface area contributed by atoms with Gasteiger partial charge in [-0.1, -0.05) is 18.9 Å². The fourth-order valence-electron chi connectivity index (χ4n) is 2.62. The maximum atomic E-state index is 12.1. The average Bonchev–Trinajstić information content (AvgIpc) is 2.85. The fourth-order valence-corrected chi connectivity index (χ4v) is 2.62. The molecule has 1 aliphatic carbocycles. The Morgan fingerprint density at radius 3 is 2.32 bits per heavy atom. The molecule has 0 aromatic carbocycles. The fraction of sp³-hybridized carbons (Fsp3) is 0.733. The van der Waals surface area contributed by atoms with Crippen LogP contribution in [-0.4, -0.2) is 25.2 Å². The van der Waals surface area contributed by atoms with Gasteiger partial charge in [0.2, 0.25) is 0 Å². The number of hydrogen-bond donors (Lipinski definition) is 0. The third kappa shape index (κ3) is 4.69. The van der Waals surface area contributed by atoms with Crippen LogP contribution >= 0.6 is 0 Å². The molecular weight excluding hydrogens is 244 g/mol. The summed E-state index contributed by atoms with van der Waals surface area (Å²) in [6.07, 6.45) is 8.66. The van der Waals surface area contributed by atoms with Gasteiger partial charge in [-0.3, -0.25) is 4.79 Å². The second-order valence-corrected chi connectivity index (χ2v) is 4.90. The third-order valence-electron chi connectivity index (χ3n) is 3.60. The number of ether oxygens (including phenoxy) is 2. The van der Waals surface area contributed by atoms with Crippen LogP contribution in [0.4, 0.5) is 0 Å². The van der Waals surface area contributed by atoms with Crippen LogP contribution in [0.3, 0.4) is 0 Å². The highest BCUT2D eigenvalue weighted by Gasteiger charge is 2.41. The van der Waals surface area contributed by atoms with E-state index in [1.807, 2.05) is 6.92 Å². The summed E-state index contributed by atoms with van der Waals surface area (Å²) >= 11 is 0. The quantitative estimate of drug-likeness (QED) is 0.526. The topological polar surface area (TPSA) is 52.6 Å². The number of carbonyl (C=O) groups excluding carboxylic acids is 2. The summed E-state index contributed by atoms with van der Waals surface area (Å²) in [7, 11) is 0. The zero-order chi connectivity index (χ0) is 14.1. The van der Waals surface area contributed by atoms with Gasteiger partial charge < -0.3 is 9.47 Å². The van der Waals surface area contributed by atoms with Crippen LogP contribution in [0.2, 0.25) is 0 Å². The molecule has 0 aliphatic heterocycles. The van der Waals surface area contributed by atoms with Gasteiger partial charge in [0.25, 0.3) is 0 Å². The Morgan fingerprint density at radius 2 is 1.74 bits per heavy atom. The summed E-state index contributed by atoms with van der Waals surface area (Å²) in [6.45, 7) is 4.43. The minimum Gasteiger partial charge on any atom is -0.466 e. The third-order valence-corrected chi connectivity index (χ3v) is 3.60. The van der Waals surface area contributed by atoms with E-state index in [0.717, 1.165) is 32.1 Å². The van der Waals surface area contributed by atoms with Crippen molar-refractivity contribution >= 4 is 11.9 Å². The normalized spacial score (nSPS) is 17.6. The van der Waals surface area contributed by atoms with E-state index in [4.69, 9.17) is 9.47 Å². The summed E-state index contributed by atoms with van der Waals surface area (Å²) in [6, 6.07) is 0. The van der Waals surface area contributed by atoms with Crippen LogP contribution in [0.1, 0.15) is 52.4 Å². The van der Waals surface area contributed by atoms with Gasteiger partial charge in [0.05, 0.1) is 18.6 Å². The molecule has 4 heteroatoms. The number of allylic oxidation sites excluding steroid dienone is 1. The standard InChI is InChI=1S/C15H24O4/c1-3-18-13(16)9-5-6-10-15(11-7-8-12-15)14(17)19-4-2/h5,9H,3-4,6-8,10-12H2,1-2H3/b9-5-. The summed E-state index contributed by atoms with van der Waals surface area (Å²) in [5, 5.41) is 0. The van der Waals surface area contributed by atoms with Gasteiger partial charge in [-0.25, -0.2) is 4.79 Å². The molecule has 19 heavy (non-hydrogen) atoms. The molecule has 0 N–H and O–H groups in total. The Balaban J connectivity index is 2.46. The molecule has 0 amide bonds. The number of rotatable bonds is 7. The molecule has 0 aromatic rings. The lowest BCUT2D eigenvalue weighted by atomic mass is 9.81. The molecule has 0 radical (unpaired) electrons. The molecular formula is C15H24O4. The highest BCUT2D eigenvalue weighted by molar-refractivity contribution is 5.81. The largest absolute Gasteiger partial charge is 0.466 e. The lowest BCUT2D eigenvalue weighted by Gasteiger charge is -2.25. The van der Waals surface area contributed by atoms with E-state index in [2.05, 4.69) is 0 Å². The molecule has 1 aliphatic rings. The Morgan fingerprint density at radius 1 is 1.11 bits per heavy atom. The van der Waals surface area contributed by atoms with Gasteiger partial charge in [0, 0.05) is 6.08 Å². The van der Waals surface area contributed by atoms with Gasteiger partial charge in [-0.05, 0) is 39.5 Å². The molecule has 4 nitrogen and oxygen atoms in total. The second kappa shape index (κ2) is 7.97. The number of carbonyl (C=O) groups is 2. The Kier molecular flexibility index (Phi) is 6.60. The lowest BCUT2D eigenvalue weighted by molar-refractivity contribution is -0.155. The second-order valence-electron chi connectivity index (χ2n) is 4.90. The van der Waals surface area contributed by atoms with E-state index in [0.29, 0.717) is 19.6 Å². The summed E-state index contributed by atoms with van der Waals surface area (Å²) in [5.74, 6) is -0.392. The molecule has 0 saturated heterocycles. The molecule has 0 unspecified atom stereocenters. The van der Waals surface area contributed by atoms with Crippen LogP contribution in [0.25, 0.3) is 0 Å². The van der Waals surface area contributed by atoms with Crippen LogP contribution in [0.15, 0.2) is 12.2 Å². The highest BCUT2D eigenvalue weighted by Crippen LogP contribution is 2.43. The van der Waals surface area contributed by atoms with Gasteiger partial charge >= 0.3 is 11.9 Å². The first-order valence-electron chi connectivity index (χ1n) is 7.15. The molecule has 0 atom stereocenters. The molecule has 108 valence electrons. The molecule has 1 saturated carbocycles. The minimum absolute atomic E-state index is 0.0722. The smallest absolute Gasteiger partial charge is 0.330 e. The van der Waals surface area contributed by atoms with Crippen molar-refractivity contribution in [1.29, 1.82) is 0 Å². The van der Waals surface area contributed by atoms with Crippen molar-refractivity contribution in [2.75, 3.05) is 13.2 Å². The Bertz CT molecular complexity index is 327. The maximum absolute atomic E-state index is 12.1. The first-order chi connectivity index (χ1) is 9.14. The van der Waals surface area contributed by atoms with Crippen molar-refractivity contribution in [2.24, 2.45) is 5.41 Å². The SMILES string of the molecule is CCOC(=O)/C=C\CCC1(C(=O)OCC)CCCC1. The predicted molar refractivity (Wildman–Crippen MR) is 72.5 cm³/mol. The van der Waals surface area contributed by atoms with Crippen LogP contribution < -0.4 is 0 Å². The van der Waals surface area contributed by atoms with Crippen molar-refractivity contribution in [1.82, 2.24) is 0 Å². The van der Waals surface area contributed by atoms with Crippen LogP contribution in [-0.2, 0) is 19.1 Å². The summed E-state index contributed by atoms with van der Waals surface area (Å²) in [4.78, 5) is 23.2. The van der Waals surface area contributed by atoms with E-state index in [1.54, 1.807) is 13.0 Å². The van der Waals surface area contributed by atoms with E-state index in [-0.39, 0.29) is 17.4 Å². The zero-order valence-electron chi connectivity index (χ0n) is 11.9. The molecule has 1 fully saturated rings. The monoisotopic (exact) mass is 268 g/mol. The zero-order valence-corrected chi connectivity index (χ0v) is 11.9. The van der Waals surface area contributed by atoms with Gasteiger partial charge in [-0.15, -0.1) is 0 Å². The summed E-state index contributed by atoms with van der Waals surface area (Å²) < 4.78 is 10.00. The molecule has 1 rings (SSSR count). The maximum Gasteiger partial charge on any atom is 0.330 e.